The number of rotatable bonds is 7. The highest BCUT2D eigenvalue weighted by molar-refractivity contribution is 5.68. The van der Waals surface area contributed by atoms with Gasteiger partial charge in [0.2, 0.25) is 5.88 Å². The van der Waals surface area contributed by atoms with E-state index in [-0.39, 0.29) is 24.1 Å². The predicted molar refractivity (Wildman–Crippen MR) is 260 cm³/mol. The summed E-state index contributed by atoms with van der Waals surface area (Å²) in [6.07, 6.45) is 10.2. The van der Waals surface area contributed by atoms with Gasteiger partial charge in [-0.05, 0) is 140 Å². The van der Waals surface area contributed by atoms with Crippen LogP contribution in [0.25, 0.3) is 0 Å². The molecule has 15 heteroatoms. The number of halogens is 1. The molecule has 4 aliphatic rings. The number of likely N-dealkylation sites (tertiary alicyclic amines) is 3. The Balaban J connectivity index is 0.000000165. The zero-order valence-corrected chi connectivity index (χ0v) is 39.2. The summed E-state index contributed by atoms with van der Waals surface area (Å²) in [5.41, 5.74) is 25.6. The highest BCUT2D eigenvalue weighted by Gasteiger charge is 2.28. The van der Waals surface area contributed by atoms with Crippen molar-refractivity contribution in [3.05, 3.63) is 96.9 Å². The Bertz CT molecular complexity index is 1970. The number of carbonyl (C=O) groups is 1. The lowest BCUT2D eigenvalue weighted by atomic mass is 10.1. The van der Waals surface area contributed by atoms with Gasteiger partial charge in [0.15, 0.2) is 0 Å². The minimum Gasteiger partial charge on any atom is -0.490 e. The fraction of sp³-hybridized carbons (Fsp3) is 0.520. The summed E-state index contributed by atoms with van der Waals surface area (Å²) in [6.45, 7) is 13.3. The van der Waals surface area contributed by atoms with E-state index in [0.717, 1.165) is 114 Å². The third kappa shape index (κ3) is 18.9. The van der Waals surface area contributed by atoms with Gasteiger partial charge in [-0.15, -0.1) is 0 Å². The van der Waals surface area contributed by atoms with Crippen LogP contribution in [0.5, 0.6) is 17.4 Å². The molecular formula is C50H74FN9O5. The zero-order valence-electron chi connectivity index (χ0n) is 39.2. The van der Waals surface area contributed by atoms with E-state index in [1.54, 1.807) is 23.2 Å². The monoisotopic (exact) mass is 900 g/mol. The number of benzene rings is 3. The number of nitrogens with two attached hydrogens (primary N) is 4. The Morgan fingerprint density at radius 1 is 0.615 bits per heavy atom. The van der Waals surface area contributed by atoms with E-state index in [1.807, 2.05) is 81.4 Å². The van der Waals surface area contributed by atoms with Gasteiger partial charge in [0.05, 0.1) is 0 Å². The van der Waals surface area contributed by atoms with Crippen LogP contribution in [0, 0.1) is 5.82 Å². The van der Waals surface area contributed by atoms with Crippen molar-refractivity contribution in [2.75, 3.05) is 88.6 Å². The van der Waals surface area contributed by atoms with Crippen LogP contribution >= 0.6 is 0 Å². The Morgan fingerprint density at radius 3 is 1.68 bits per heavy atom. The third-order valence-corrected chi connectivity index (χ3v) is 11.5. The van der Waals surface area contributed by atoms with E-state index in [1.165, 1.54) is 12.1 Å². The van der Waals surface area contributed by atoms with Crippen LogP contribution in [0.2, 0.25) is 0 Å². The molecule has 8 N–H and O–H groups in total. The molecule has 0 spiro atoms. The van der Waals surface area contributed by atoms with Gasteiger partial charge in [-0.1, -0.05) is 6.07 Å². The van der Waals surface area contributed by atoms with E-state index in [9.17, 15) is 9.18 Å². The number of anilines is 4. The molecule has 4 saturated heterocycles. The summed E-state index contributed by atoms with van der Waals surface area (Å²) in [5.74, 6) is 2.18. The second-order valence-corrected chi connectivity index (χ2v) is 18.4. The number of carbonyl (C=O) groups excluding carboxylic acids is 1. The first-order valence-electron chi connectivity index (χ1n) is 23.1. The molecule has 1 amide bonds. The van der Waals surface area contributed by atoms with Crippen LogP contribution < -0.4 is 42.0 Å². The van der Waals surface area contributed by atoms with Crippen molar-refractivity contribution in [3.63, 3.8) is 0 Å². The number of nitrogen functional groups attached to an aromatic ring is 3. The molecule has 0 radical (unpaired) electrons. The van der Waals surface area contributed by atoms with E-state index >= 15 is 0 Å². The lowest BCUT2D eigenvalue weighted by Crippen LogP contribution is -2.44. The normalized spacial score (nSPS) is 18.1. The first-order chi connectivity index (χ1) is 31.1. The van der Waals surface area contributed by atoms with Crippen molar-refractivity contribution in [1.29, 1.82) is 0 Å². The van der Waals surface area contributed by atoms with Crippen LogP contribution in [0.1, 0.15) is 72.1 Å². The first-order valence-corrected chi connectivity index (χ1v) is 23.1. The quantitative estimate of drug-likeness (QED) is 0.133. The molecule has 1 aromatic heterocycles. The molecule has 8 rings (SSSR count). The van der Waals surface area contributed by atoms with Crippen LogP contribution in [0.3, 0.4) is 0 Å². The van der Waals surface area contributed by atoms with E-state index in [0.29, 0.717) is 42.5 Å². The molecule has 4 aliphatic heterocycles. The summed E-state index contributed by atoms with van der Waals surface area (Å²) in [7, 11) is 4.29. The average molecular weight is 900 g/mol. The molecule has 0 atom stereocenters. The number of amides is 1. The number of hydrogen-bond acceptors (Lipinski definition) is 13. The van der Waals surface area contributed by atoms with Crippen molar-refractivity contribution in [1.82, 2.24) is 19.7 Å². The van der Waals surface area contributed by atoms with Crippen molar-refractivity contribution in [2.24, 2.45) is 5.73 Å². The third-order valence-electron chi connectivity index (χ3n) is 11.5. The molecule has 3 aromatic carbocycles. The van der Waals surface area contributed by atoms with Gasteiger partial charge in [0.25, 0.3) is 0 Å². The topological polar surface area (TPSA) is 184 Å². The summed E-state index contributed by atoms with van der Waals surface area (Å²) < 4.78 is 35.6. The highest BCUT2D eigenvalue weighted by atomic mass is 19.1. The molecular weight excluding hydrogens is 826 g/mol. The molecule has 0 aliphatic carbocycles. The number of pyridine rings is 1. The minimum absolute atomic E-state index is 0.116. The van der Waals surface area contributed by atoms with Crippen molar-refractivity contribution < 1.29 is 28.1 Å². The molecule has 5 heterocycles. The summed E-state index contributed by atoms with van der Waals surface area (Å²) in [5, 5.41) is 0. The smallest absolute Gasteiger partial charge is 0.410 e. The maximum absolute atomic E-state index is 12.7. The molecule has 0 bridgehead atoms. The van der Waals surface area contributed by atoms with E-state index in [2.05, 4.69) is 33.8 Å². The first kappa shape index (κ1) is 50.5. The minimum atomic E-state index is -0.452. The number of aromatic nitrogens is 1. The number of nitrogens with zero attached hydrogens (tertiary/aromatic N) is 5. The van der Waals surface area contributed by atoms with Crippen molar-refractivity contribution in [3.8, 4) is 17.4 Å². The Labute approximate surface area is 386 Å². The second-order valence-electron chi connectivity index (χ2n) is 18.4. The maximum Gasteiger partial charge on any atom is 0.410 e. The summed E-state index contributed by atoms with van der Waals surface area (Å²) in [6, 6.07) is 25.6. The van der Waals surface area contributed by atoms with E-state index in [4.69, 9.17) is 41.9 Å². The summed E-state index contributed by atoms with van der Waals surface area (Å²) >= 11 is 0. The number of ether oxygens (including phenoxy) is 4. The van der Waals surface area contributed by atoms with Gasteiger partial charge in [-0.3, -0.25) is 0 Å². The standard InChI is InChI=1S/C16H24N2O3.C12H18N2O.C11H15FN2.C11H17N3O/c1-16(2,3)21-15(19)18-9-7-13(8-10-18)20-14-6-4-5-12(17)11-14;1-14-8-6-12(7-9-14)15-11-4-2-10(13)3-5-11;12-9-1-3-11(4-2-9)14-7-5-10(13)6-8-14;1-14-6-3-10(4-7-14)15-11-8-9(12)2-5-13-11/h4-6,11,13H,7-10,17H2,1-3H3;2-5,12H,6-9,13H2,1H3;1-4,10H,5-8,13H2;2,5,8,10H,3-4,6-7H2,1H3,(H2,12,13). The van der Waals surface area contributed by atoms with Gasteiger partial charge in [-0.2, -0.15) is 0 Å². The fourth-order valence-electron chi connectivity index (χ4n) is 7.68. The largest absolute Gasteiger partial charge is 0.490 e. The Kier molecular flexibility index (Phi) is 19.6. The molecule has 14 nitrogen and oxygen atoms in total. The van der Waals surface area contributed by atoms with Crippen LogP contribution in [-0.2, 0) is 4.74 Å². The molecule has 4 fully saturated rings. The van der Waals surface area contributed by atoms with Crippen molar-refractivity contribution >= 4 is 28.8 Å². The fourth-order valence-corrected chi connectivity index (χ4v) is 7.68. The lowest BCUT2D eigenvalue weighted by molar-refractivity contribution is 0.0126. The SMILES string of the molecule is CC(C)(C)OC(=O)N1CCC(Oc2cccc(N)c2)CC1.CN1CCC(Oc2cc(N)ccn2)CC1.CN1CCC(Oc2ccc(N)cc2)CC1.NC1CCN(c2ccc(F)cc2)CC1. The van der Waals surface area contributed by atoms with Crippen molar-refractivity contribution in [2.45, 2.75) is 102 Å². The second kappa shape index (κ2) is 25.3. The average Bonchev–Trinajstić information content (AvgIpc) is 3.27. The Hall–Kier alpha value is -5.51. The molecule has 0 saturated carbocycles. The van der Waals surface area contributed by atoms with Gasteiger partial charge < -0.3 is 61.5 Å². The van der Waals surface area contributed by atoms with Crippen LogP contribution in [-0.4, -0.2) is 122 Å². The number of hydrogen-bond donors (Lipinski definition) is 4. The highest BCUT2D eigenvalue weighted by Crippen LogP contribution is 2.24. The molecule has 4 aromatic rings. The number of piperidine rings is 4. The lowest BCUT2D eigenvalue weighted by Gasteiger charge is -2.33. The Morgan fingerprint density at radius 2 is 1.14 bits per heavy atom. The zero-order chi connectivity index (χ0) is 46.8. The van der Waals surface area contributed by atoms with E-state index < -0.39 is 5.60 Å². The van der Waals surface area contributed by atoms with Crippen LogP contribution in [0.4, 0.5) is 31.9 Å². The van der Waals surface area contributed by atoms with Gasteiger partial charge in [0, 0.05) is 112 Å². The van der Waals surface area contributed by atoms with Crippen LogP contribution in [0.15, 0.2) is 91.1 Å². The predicted octanol–water partition coefficient (Wildman–Crippen LogP) is 7.68. The van der Waals surface area contributed by atoms with Gasteiger partial charge >= 0.3 is 6.09 Å². The summed E-state index contributed by atoms with van der Waals surface area (Å²) in [4.78, 5) is 24.7. The molecule has 356 valence electrons. The maximum atomic E-state index is 12.7. The molecule has 0 unspecified atom stereocenters. The van der Waals surface area contributed by atoms with Gasteiger partial charge in [-0.25, -0.2) is 14.2 Å². The van der Waals surface area contributed by atoms with Gasteiger partial charge in [0.1, 0.15) is 41.2 Å². The molecule has 65 heavy (non-hydrogen) atoms.